The smallest absolute Gasteiger partial charge is 0.306 e. The monoisotopic (exact) mass is 294 g/mol. The molecule has 0 amide bonds. The average molecular weight is 294 g/mol. The van der Waals surface area contributed by atoms with E-state index in [1.54, 1.807) is 0 Å². The molecule has 0 aromatic heterocycles. The molecule has 2 fully saturated rings. The Balaban J connectivity index is 2.00. The SMILES string of the molecule is O=C(O)C1CCN(S(=O)(=O)N2C[C@@H](O)[C@@H](O)C2)CC1. The van der Waals surface area contributed by atoms with Crippen LogP contribution in [0.4, 0.5) is 0 Å². The lowest BCUT2D eigenvalue weighted by atomic mass is 9.99. The summed E-state index contributed by atoms with van der Waals surface area (Å²) in [5.74, 6) is -1.40. The number of carbonyl (C=O) groups is 1. The summed E-state index contributed by atoms with van der Waals surface area (Å²) in [6.07, 6.45) is -1.56. The van der Waals surface area contributed by atoms with E-state index in [-0.39, 0.29) is 39.0 Å². The number of hydrogen-bond donors (Lipinski definition) is 3. The van der Waals surface area contributed by atoms with Gasteiger partial charge in [0.1, 0.15) is 0 Å². The Morgan fingerprint density at radius 2 is 1.47 bits per heavy atom. The third-order valence-electron chi connectivity index (χ3n) is 3.68. The number of carboxylic acid groups (broad SMARTS) is 1. The van der Waals surface area contributed by atoms with Crippen LogP contribution in [-0.2, 0) is 15.0 Å². The van der Waals surface area contributed by atoms with E-state index in [2.05, 4.69) is 0 Å². The van der Waals surface area contributed by atoms with Gasteiger partial charge >= 0.3 is 5.97 Å². The highest BCUT2D eigenvalue weighted by molar-refractivity contribution is 7.86. The number of aliphatic hydroxyl groups excluding tert-OH is 2. The first-order valence-corrected chi connectivity index (χ1v) is 7.56. The van der Waals surface area contributed by atoms with Gasteiger partial charge < -0.3 is 15.3 Å². The summed E-state index contributed by atoms with van der Waals surface area (Å²) < 4.78 is 26.7. The Bertz CT molecular complexity index is 435. The number of nitrogens with zero attached hydrogens (tertiary/aromatic N) is 2. The molecule has 2 aliphatic rings. The van der Waals surface area contributed by atoms with Crippen molar-refractivity contribution in [1.29, 1.82) is 0 Å². The Morgan fingerprint density at radius 3 is 1.89 bits per heavy atom. The molecule has 8 nitrogen and oxygen atoms in total. The summed E-state index contributed by atoms with van der Waals surface area (Å²) in [4.78, 5) is 10.8. The van der Waals surface area contributed by atoms with Crippen LogP contribution < -0.4 is 0 Å². The van der Waals surface area contributed by atoms with Crippen molar-refractivity contribution in [3.63, 3.8) is 0 Å². The number of rotatable bonds is 3. The number of carboxylic acids is 1. The van der Waals surface area contributed by atoms with Gasteiger partial charge in [0.2, 0.25) is 0 Å². The fourth-order valence-corrected chi connectivity index (χ4v) is 4.10. The van der Waals surface area contributed by atoms with Crippen molar-refractivity contribution in [1.82, 2.24) is 8.61 Å². The molecule has 2 rings (SSSR count). The topological polar surface area (TPSA) is 118 Å². The van der Waals surface area contributed by atoms with Crippen LogP contribution in [0.25, 0.3) is 0 Å². The summed E-state index contributed by atoms with van der Waals surface area (Å²) >= 11 is 0. The first kappa shape index (κ1) is 14.7. The Morgan fingerprint density at radius 1 is 1.00 bits per heavy atom. The molecule has 0 bridgehead atoms. The molecule has 2 heterocycles. The van der Waals surface area contributed by atoms with Crippen LogP contribution in [0.15, 0.2) is 0 Å². The predicted molar refractivity (Wildman–Crippen MR) is 64.4 cm³/mol. The summed E-state index contributed by atoms with van der Waals surface area (Å²) in [5, 5.41) is 27.6. The van der Waals surface area contributed by atoms with Gasteiger partial charge in [-0.3, -0.25) is 4.79 Å². The lowest BCUT2D eigenvalue weighted by Gasteiger charge is -2.32. The van der Waals surface area contributed by atoms with Crippen molar-refractivity contribution in [2.45, 2.75) is 25.0 Å². The van der Waals surface area contributed by atoms with Crippen LogP contribution >= 0.6 is 0 Å². The number of β-amino-alcohol motifs (C(OH)–C–C–N with tert-alkyl or cyclic N) is 2. The van der Waals surface area contributed by atoms with Crippen LogP contribution in [-0.4, -0.2) is 76.7 Å². The Labute approximate surface area is 111 Å². The summed E-state index contributed by atoms with van der Waals surface area (Å²) in [6.45, 7) is 0.0642. The second-order valence-corrected chi connectivity index (χ2v) is 6.90. The maximum Gasteiger partial charge on any atom is 0.306 e. The highest BCUT2D eigenvalue weighted by Gasteiger charge is 2.41. The zero-order valence-electron chi connectivity index (χ0n) is 10.3. The average Bonchev–Trinajstić information content (AvgIpc) is 2.70. The maximum absolute atomic E-state index is 12.2. The number of hydrogen-bond acceptors (Lipinski definition) is 5. The van der Waals surface area contributed by atoms with E-state index in [4.69, 9.17) is 5.11 Å². The molecule has 0 aromatic carbocycles. The van der Waals surface area contributed by atoms with Gasteiger partial charge in [-0.15, -0.1) is 0 Å². The number of aliphatic hydroxyl groups is 2. The third-order valence-corrected chi connectivity index (χ3v) is 5.65. The molecule has 9 heteroatoms. The fraction of sp³-hybridized carbons (Fsp3) is 0.900. The molecule has 0 unspecified atom stereocenters. The first-order chi connectivity index (χ1) is 8.82. The molecule has 0 aromatic rings. The van der Waals surface area contributed by atoms with Crippen LogP contribution in [0, 0.1) is 5.92 Å². The standard InChI is InChI=1S/C10H18N2O6S/c13-8-5-12(6-9(8)14)19(17,18)11-3-1-7(2-4-11)10(15)16/h7-9,13-14H,1-6H2,(H,15,16)/t8-,9+. The Hall–Kier alpha value is -0.740. The van der Waals surface area contributed by atoms with E-state index < -0.39 is 34.3 Å². The molecule has 19 heavy (non-hydrogen) atoms. The third kappa shape index (κ3) is 2.90. The van der Waals surface area contributed by atoms with E-state index in [9.17, 15) is 23.4 Å². The van der Waals surface area contributed by atoms with Gasteiger partial charge in [0.15, 0.2) is 0 Å². The van der Waals surface area contributed by atoms with Crippen LogP contribution in [0.1, 0.15) is 12.8 Å². The molecule has 110 valence electrons. The summed E-state index contributed by atoms with van der Waals surface area (Å²) in [6, 6.07) is 0. The van der Waals surface area contributed by atoms with Crippen molar-refractivity contribution in [2.24, 2.45) is 5.92 Å². The van der Waals surface area contributed by atoms with Crippen LogP contribution in [0.3, 0.4) is 0 Å². The van der Waals surface area contributed by atoms with Crippen molar-refractivity contribution in [2.75, 3.05) is 26.2 Å². The largest absolute Gasteiger partial charge is 0.481 e. The van der Waals surface area contributed by atoms with E-state index in [0.29, 0.717) is 0 Å². The lowest BCUT2D eigenvalue weighted by Crippen LogP contribution is -2.47. The van der Waals surface area contributed by atoms with Gasteiger partial charge in [-0.2, -0.15) is 17.0 Å². The molecule has 0 aliphatic carbocycles. The second-order valence-electron chi connectivity index (χ2n) is 4.97. The van der Waals surface area contributed by atoms with E-state index in [0.717, 1.165) is 4.31 Å². The zero-order chi connectivity index (χ0) is 14.2. The van der Waals surface area contributed by atoms with Gasteiger partial charge in [0.05, 0.1) is 18.1 Å². The van der Waals surface area contributed by atoms with E-state index >= 15 is 0 Å². The minimum Gasteiger partial charge on any atom is -0.481 e. The van der Waals surface area contributed by atoms with Gasteiger partial charge in [-0.1, -0.05) is 0 Å². The van der Waals surface area contributed by atoms with Gasteiger partial charge in [0, 0.05) is 26.2 Å². The lowest BCUT2D eigenvalue weighted by molar-refractivity contribution is -0.142. The maximum atomic E-state index is 12.2. The first-order valence-electron chi connectivity index (χ1n) is 6.16. The number of piperidine rings is 1. The van der Waals surface area contributed by atoms with Crippen molar-refractivity contribution in [3.05, 3.63) is 0 Å². The van der Waals surface area contributed by atoms with Gasteiger partial charge in [-0.25, -0.2) is 0 Å². The van der Waals surface area contributed by atoms with E-state index in [1.165, 1.54) is 4.31 Å². The summed E-state index contributed by atoms with van der Waals surface area (Å²) in [7, 11) is -3.72. The fourth-order valence-electron chi connectivity index (χ4n) is 2.42. The molecular weight excluding hydrogens is 276 g/mol. The normalized spacial score (nSPS) is 31.7. The van der Waals surface area contributed by atoms with Crippen molar-refractivity contribution >= 4 is 16.2 Å². The molecule has 2 saturated heterocycles. The quantitative estimate of drug-likeness (QED) is 0.557. The Kier molecular flexibility index (Phi) is 4.11. The minimum atomic E-state index is -3.72. The molecule has 0 radical (unpaired) electrons. The molecule has 0 spiro atoms. The minimum absolute atomic E-state index is 0.123. The van der Waals surface area contributed by atoms with Gasteiger partial charge in [0.25, 0.3) is 10.2 Å². The van der Waals surface area contributed by atoms with Gasteiger partial charge in [-0.05, 0) is 12.8 Å². The molecule has 0 saturated carbocycles. The molecular formula is C10H18N2O6S. The number of aliphatic carboxylic acids is 1. The van der Waals surface area contributed by atoms with E-state index in [1.807, 2.05) is 0 Å². The highest BCUT2D eigenvalue weighted by atomic mass is 32.2. The molecule has 2 atom stereocenters. The van der Waals surface area contributed by atoms with Crippen LogP contribution in [0.5, 0.6) is 0 Å². The molecule has 2 aliphatic heterocycles. The zero-order valence-corrected chi connectivity index (χ0v) is 11.2. The molecule has 3 N–H and O–H groups in total. The van der Waals surface area contributed by atoms with Crippen molar-refractivity contribution in [3.8, 4) is 0 Å². The summed E-state index contributed by atoms with van der Waals surface area (Å²) in [5.41, 5.74) is 0. The van der Waals surface area contributed by atoms with Crippen molar-refractivity contribution < 1.29 is 28.5 Å². The second kappa shape index (κ2) is 5.33. The van der Waals surface area contributed by atoms with Crippen LogP contribution in [0.2, 0.25) is 0 Å². The predicted octanol–water partition coefficient (Wildman–Crippen LogP) is -1.93. The highest BCUT2D eigenvalue weighted by Crippen LogP contribution is 2.24.